The van der Waals surface area contributed by atoms with Crippen LogP contribution in [0.2, 0.25) is 0 Å². The Bertz CT molecular complexity index is 620. The maximum absolute atomic E-state index is 12.0. The van der Waals surface area contributed by atoms with Crippen molar-refractivity contribution < 1.29 is 9.53 Å². The zero-order valence-corrected chi connectivity index (χ0v) is 12.7. The van der Waals surface area contributed by atoms with Crippen molar-refractivity contribution in [2.75, 3.05) is 0 Å². The molecule has 0 saturated carbocycles. The lowest BCUT2D eigenvalue weighted by atomic mass is 10.1. The van der Waals surface area contributed by atoms with Gasteiger partial charge in [0.2, 0.25) is 0 Å². The molecule has 1 aromatic carbocycles. The third-order valence-electron chi connectivity index (χ3n) is 2.36. The highest BCUT2D eigenvalue weighted by atomic mass is 79.9. The summed E-state index contributed by atoms with van der Waals surface area (Å²) in [6, 6.07) is 5.20. The molecule has 4 nitrogen and oxygen atoms in total. The van der Waals surface area contributed by atoms with E-state index < -0.39 is 5.60 Å². The molecule has 100 valence electrons. The van der Waals surface area contributed by atoms with Gasteiger partial charge in [0, 0.05) is 11.5 Å². The molecule has 0 bridgehead atoms. The van der Waals surface area contributed by atoms with Crippen molar-refractivity contribution in [1.29, 1.82) is 0 Å². The highest BCUT2D eigenvalue weighted by molar-refractivity contribution is 9.08. The van der Waals surface area contributed by atoms with Gasteiger partial charge in [-0.25, -0.2) is 9.78 Å². The number of halogens is 1. The molecule has 0 N–H and O–H groups in total. The fourth-order valence-corrected chi connectivity index (χ4v) is 1.85. The minimum atomic E-state index is -0.505. The summed E-state index contributed by atoms with van der Waals surface area (Å²) in [6.07, 6.45) is 1.71. The van der Waals surface area contributed by atoms with E-state index in [4.69, 9.17) is 4.74 Å². The quantitative estimate of drug-likeness (QED) is 0.627. The smallest absolute Gasteiger partial charge is 0.338 e. The summed E-state index contributed by atoms with van der Waals surface area (Å²) in [4.78, 5) is 20.7. The van der Waals surface area contributed by atoms with Gasteiger partial charge in [-0.1, -0.05) is 15.9 Å². The predicted octanol–water partition coefficient (Wildman–Crippen LogP) is 3.48. The van der Waals surface area contributed by atoms with Crippen LogP contribution in [0.1, 0.15) is 36.8 Å². The number of rotatable bonds is 2. The first-order valence-corrected chi connectivity index (χ1v) is 7.06. The monoisotopic (exact) mass is 322 g/mol. The first-order chi connectivity index (χ1) is 8.89. The summed E-state index contributed by atoms with van der Waals surface area (Å²) in [5.74, 6) is -0.347. The number of hydrogen-bond donors (Lipinski definition) is 0. The summed E-state index contributed by atoms with van der Waals surface area (Å²) >= 11 is 3.34. The summed E-state index contributed by atoms with van der Waals surface area (Å²) in [7, 11) is 0. The number of benzene rings is 1. The van der Waals surface area contributed by atoms with E-state index >= 15 is 0 Å². The van der Waals surface area contributed by atoms with Crippen LogP contribution >= 0.6 is 15.9 Å². The Morgan fingerprint density at radius 1 is 1.32 bits per heavy atom. The van der Waals surface area contributed by atoms with Crippen molar-refractivity contribution in [3.63, 3.8) is 0 Å². The van der Waals surface area contributed by atoms with Crippen molar-refractivity contribution in [3.8, 4) is 0 Å². The van der Waals surface area contributed by atoms with E-state index in [1.165, 1.54) is 0 Å². The van der Waals surface area contributed by atoms with E-state index in [0.29, 0.717) is 16.4 Å². The molecule has 0 fully saturated rings. The van der Waals surface area contributed by atoms with Crippen LogP contribution in [-0.4, -0.2) is 21.5 Å². The molecular weight excluding hydrogens is 308 g/mol. The van der Waals surface area contributed by atoms with E-state index in [2.05, 4.69) is 25.9 Å². The van der Waals surface area contributed by atoms with Gasteiger partial charge in [0.25, 0.3) is 0 Å². The van der Waals surface area contributed by atoms with Gasteiger partial charge < -0.3 is 4.74 Å². The normalized spacial score (nSPS) is 11.6. The molecule has 0 saturated heterocycles. The fraction of sp³-hybridized carbons (Fsp3) is 0.357. The molecule has 2 rings (SSSR count). The Kier molecular flexibility index (Phi) is 3.85. The molecule has 0 amide bonds. The van der Waals surface area contributed by atoms with Gasteiger partial charge in [-0.3, -0.25) is 4.98 Å². The Labute approximate surface area is 120 Å². The summed E-state index contributed by atoms with van der Waals surface area (Å²) in [5, 5.41) is 0.632. The standard InChI is InChI=1S/C14H15BrN2O2/c1-14(2,3)19-13(18)9-4-5-11-12(6-9)17-10(7-15)8-16-11/h4-6,8H,7H2,1-3H3. The molecule has 5 heteroatoms. The second kappa shape index (κ2) is 5.25. The third-order valence-corrected chi connectivity index (χ3v) is 2.94. The first-order valence-electron chi connectivity index (χ1n) is 5.94. The van der Waals surface area contributed by atoms with Crippen LogP contribution in [-0.2, 0) is 10.1 Å². The predicted molar refractivity (Wildman–Crippen MR) is 77.3 cm³/mol. The molecule has 1 heterocycles. The maximum atomic E-state index is 12.0. The number of carbonyl (C=O) groups excluding carboxylic acids is 1. The lowest BCUT2D eigenvalue weighted by Gasteiger charge is -2.19. The molecule has 0 unspecified atom stereocenters. The minimum Gasteiger partial charge on any atom is -0.456 e. The van der Waals surface area contributed by atoms with E-state index in [0.717, 1.165) is 11.2 Å². The van der Waals surface area contributed by atoms with Gasteiger partial charge in [-0.05, 0) is 39.0 Å². The van der Waals surface area contributed by atoms with E-state index in [1.54, 1.807) is 24.4 Å². The second-order valence-electron chi connectivity index (χ2n) is 5.20. The second-order valence-corrected chi connectivity index (χ2v) is 5.76. The summed E-state index contributed by atoms with van der Waals surface area (Å²) in [5.41, 5.74) is 2.27. The zero-order chi connectivity index (χ0) is 14.0. The largest absolute Gasteiger partial charge is 0.456 e. The summed E-state index contributed by atoms with van der Waals surface area (Å²) in [6.45, 7) is 5.53. The number of hydrogen-bond acceptors (Lipinski definition) is 4. The SMILES string of the molecule is CC(C)(C)OC(=O)c1ccc2ncc(CBr)nc2c1. The minimum absolute atomic E-state index is 0.347. The molecule has 2 aromatic rings. The Balaban J connectivity index is 2.37. The number of fused-ring (bicyclic) bond motifs is 1. The Morgan fingerprint density at radius 2 is 2.05 bits per heavy atom. The van der Waals surface area contributed by atoms with Crippen LogP contribution in [0.3, 0.4) is 0 Å². The topological polar surface area (TPSA) is 52.1 Å². The number of carbonyl (C=O) groups is 1. The Morgan fingerprint density at radius 3 is 2.68 bits per heavy atom. The first kappa shape index (κ1) is 13.9. The number of esters is 1. The zero-order valence-electron chi connectivity index (χ0n) is 11.1. The van der Waals surface area contributed by atoms with Crippen LogP contribution in [0.4, 0.5) is 0 Å². The number of aromatic nitrogens is 2. The highest BCUT2D eigenvalue weighted by Gasteiger charge is 2.18. The molecule has 0 aliphatic rings. The van der Waals surface area contributed by atoms with Gasteiger partial charge >= 0.3 is 5.97 Å². The van der Waals surface area contributed by atoms with Crippen molar-refractivity contribution in [1.82, 2.24) is 9.97 Å². The average Bonchev–Trinajstić information content (AvgIpc) is 2.35. The molecule has 0 spiro atoms. The van der Waals surface area contributed by atoms with Crippen molar-refractivity contribution in [3.05, 3.63) is 35.7 Å². The lowest BCUT2D eigenvalue weighted by molar-refractivity contribution is 0.00697. The molecule has 19 heavy (non-hydrogen) atoms. The summed E-state index contributed by atoms with van der Waals surface area (Å²) < 4.78 is 5.33. The number of nitrogens with zero attached hydrogens (tertiary/aromatic N) is 2. The molecular formula is C14H15BrN2O2. The van der Waals surface area contributed by atoms with Crippen LogP contribution in [0.5, 0.6) is 0 Å². The fourth-order valence-electron chi connectivity index (χ4n) is 1.58. The van der Waals surface area contributed by atoms with Crippen molar-refractivity contribution in [2.24, 2.45) is 0 Å². The molecule has 0 aliphatic carbocycles. The number of alkyl halides is 1. The molecule has 0 atom stereocenters. The average molecular weight is 323 g/mol. The van der Waals surface area contributed by atoms with Crippen LogP contribution in [0.25, 0.3) is 11.0 Å². The van der Waals surface area contributed by atoms with Gasteiger partial charge in [-0.15, -0.1) is 0 Å². The molecule has 0 radical (unpaired) electrons. The van der Waals surface area contributed by atoms with E-state index in [9.17, 15) is 4.79 Å². The highest BCUT2D eigenvalue weighted by Crippen LogP contribution is 2.17. The van der Waals surface area contributed by atoms with Gasteiger partial charge in [0.1, 0.15) is 5.60 Å². The van der Waals surface area contributed by atoms with Gasteiger partial charge in [0.05, 0.1) is 22.3 Å². The van der Waals surface area contributed by atoms with E-state index in [1.807, 2.05) is 20.8 Å². The maximum Gasteiger partial charge on any atom is 0.338 e. The third kappa shape index (κ3) is 3.50. The molecule has 1 aromatic heterocycles. The molecule has 0 aliphatic heterocycles. The van der Waals surface area contributed by atoms with Crippen molar-refractivity contribution >= 4 is 32.9 Å². The number of ether oxygens (including phenoxy) is 1. The van der Waals surface area contributed by atoms with Crippen molar-refractivity contribution in [2.45, 2.75) is 31.7 Å². The lowest BCUT2D eigenvalue weighted by Crippen LogP contribution is -2.23. The van der Waals surface area contributed by atoms with Gasteiger partial charge in [-0.2, -0.15) is 0 Å². The van der Waals surface area contributed by atoms with E-state index in [-0.39, 0.29) is 5.97 Å². The van der Waals surface area contributed by atoms with Crippen LogP contribution in [0.15, 0.2) is 24.4 Å². The Hall–Kier alpha value is -1.49. The van der Waals surface area contributed by atoms with Gasteiger partial charge in [0.15, 0.2) is 0 Å². The van der Waals surface area contributed by atoms with Crippen LogP contribution in [0, 0.1) is 0 Å². The van der Waals surface area contributed by atoms with Crippen LogP contribution < -0.4 is 0 Å².